The van der Waals surface area contributed by atoms with Gasteiger partial charge in [-0.3, -0.25) is 0 Å². The van der Waals surface area contributed by atoms with Crippen LogP contribution in [0.4, 0.5) is 0 Å². The van der Waals surface area contributed by atoms with Crippen molar-refractivity contribution in [2.24, 2.45) is 0 Å². The molecule has 0 spiro atoms. The largest absolute Gasteiger partial charge is 2.00 e. The average Bonchev–Trinajstić information content (AvgIpc) is 2.09. The van der Waals surface area contributed by atoms with E-state index in [1.54, 1.807) is 14.2 Å². The minimum absolute atomic E-state index is 0. The minimum atomic E-state index is -0.260. The van der Waals surface area contributed by atoms with Crippen molar-refractivity contribution in [3.63, 3.8) is 0 Å². The van der Waals surface area contributed by atoms with E-state index in [9.17, 15) is 0 Å². The van der Waals surface area contributed by atoms with E-state index in [2.05, 4.69) is 6.07 Å². The summed E-state index contributed by atoms with van der Waals surface area (Å²) in [5, 5.41) is 0. The van der Waals surface area contributed by atoms with Crippen molar-refractivity contribution in [1.82, 2.24) is 0 Å². The zero-order valence-electron chi connectivity index (χ0n) is 7.79. The van der Waals surface area contributed by atoms with Crippen LogP contribution in [0.1, 0.15) is 11.9 Å². The summed E-state index contributed by atoms with van der Waals surface area (Å²) in [4.78, 5) is 0. The Morgan fingerprint density at radius 3 is 2.00 bits per heavy atom. The zero-order valence-corrected chi connectivity index (χ0v) is 9.96. The first-order chi connectivity index (χ1) is 5.38. The van der Waals surface area contributed by atoms with Crippen molar-refractivity contribution >= 4 is 23.1 Å². The fourth-order valence-electron chi connectivity index (χ4n) is 0.925. The van der Waals surface area contributed by atoms with Crippen LogP contribution in [-0.4, -0.2) is 37.3 Å². The van der Waals surface area contributed by atoms with Crippen LogP contribution in [0.15, 0.2) is 24.3 Å². The molecule has 0 atom stereocenters. The molecule has 0 unspecified atom stereocenters. The first-order valence-corrected chi connectivity index (χ1v) is 3.40. The SMILES string of the molecule is COC(OC)c1cc[c-]cc1.[Cl-].[Mg+2]. The summed E-state index contributed by atoms with van der Waals surface area (Å²) < 4.78 is 10.1. The average molecular weight is 211 g/mol. The second kappa shape index (κ2) is 8.78. The molecule has 0 aliphatic carbocycles. The molecule has 4 heteroatoms. The molecule has 0 aromatic heterocycles. The molecular weight excluding hydrogens is 200 g/mol. The van der Waals surface area contributed by atoms with Crippen LogP contribution in [0.5, 0.6) is 0 Å². The normalized spacial score (nSPS) is 8.85. The van der Waals surface area contributed by atoms with Crippen LogP contribution in [0.25, 0.3) is 0 Å². The van der Waals surface area contributed by atoms with Gasteiger partial charge in [0.2, 0.25) is 0 Å². The molecule has 1 aromatic rings. The number of hydrogen-bond donors (Lipinski definition) is 0. The molecule has 0 aliphatic rings. The quantitative estimate of drug-likeness (QED) is 0.340. The third kappa shape index (κ3) is 4.83. The Balaban J connectivity index is 0. The Bertz CT molecular complexity index is 202. The van der Waals surface area contributed by atoms with E-state index in [0.717, 1.165) is 5.56 Å². The fourth-order valence-corrected chi connectivity index (χ4v) is 0.925. The molecule has 0 saturated heterocycles. The van der Waals surface area contributed by atoms with Gasteiger partial charge in [0, 0.05) is 14.2 Å². The number of rotatable bonds is 3. The van der Waals surface area contributed by atoms with Crippen LogP contribution >= 0.6 is 0 Å². The molecule has 0 aliphatic heterocycles. The van der Waals surface area contributed by atoms with Crippen LogP contribution in [0.3, 0.4) is 0 Å². The predicted octanol–water partition coefficient (Wildman–Crippen LogP) is -1.60. The number of benzene rings is 1. The van der Waals surface area contributed by atoms with Gasteiger partial charge in [-0.15, -0.1) is 5.56 Å². The number of hydrogen-bond acceptors (Lipinski definition) is 2. The van der Waals surface area contributed by atoms with E-state index in [-0.39, 0.29) is 41.7 Å². The van der Waals surface area contributed by atoms with Gasteiger partial charge in [-0.2, -0.15) is 30.3 Å². The second-order valence-electron chi connectivity index (χ2n) is 2.14. The van der Waals surface area contributed by atoms with E-state index in [0.29, 0.717) is 0 Å². The summed E-state index contributed by atoms with van der Waals surface area (Å²) in [6.07, 6.45) is -0.260. The molecule has 0 heterocycles. The Hall–Kier alpha value is 0.196. The molecule has 2 nitrogen and oxygen atoms in total. The zero-order chi connectivity index (χ0) is 8.10. The maximum absolute atomic E-state index is 5.05. The molecule has 1 aromatic carbocycles. The third-order valence-corrected chi connectivity index (χ3v) is 1.44. The van der Waals surface area contributed by atoms with Gasteiger partial charge in [0.15, 0.2) is 6.29 Å². The van der Waals surface area contributed by atoms with Crippen molar-refractivity contribution in [3.8, 4) is 0 Å². The maximum Gasteiger partial charge on any atom is 2.00 e. The number of ether oxygens (including phenoxy) is 2. The Labute approximate surface area is 101 Å². The van der Waals surface area contributed by atoms with Crippen molar-refractivity contribution in [2.75, 3.05) is 14.2 Å². The molecule has 0 saturated carbocycles. The summed E-state index contributed by atoms with van der Waals surface area (Å²) >= 11 is 0. The second-order valence-corrected chi connectivity index (χ2v) is 2.14. The van der Waals surface area contributed by atoms with Gasteiger partial charge >= 0.3 is 23.1 Å². The summed E-state index contributed by atoms with van der Waals surface area (Å²) in [5.74, 6) is 0. The Morgan fingerprint density at radius 1 is 1.15 bits per heavy atom. The van der Waals surface area contributed by atoms with Crippen molar-refractivity contribution in [1.29, 1.82) is 0 Å². The topological polar surface area (TPSA) is 18.5 Å². The molecule has 0 N–H and O–H groups in total. The summed E-state index contributed by atoms with van der Waals surface area (Å²) in [5.41, 5.74) is 1.01. The van der Waals surface area contributed by atoms with Crippen molar-refractivity contribution < 1.29 is 21.9 Å². The Morgan fingerprint density at radius 2 is 1.62 bits per heavy atom. The predicted molar refractivity (Wildman–Crippen MR) is 47.8 cm³/mol. The molecule has 0 bridgehead atoms. The van der Waals surface area contributed by atoms with E-state index < -0.39 is 0 Å². The summed E-state index contributed by atoms with van der Waals surface area (Å²) in [6, 6.07) is 10.4. The molecule has 13 heavy (non-hydrogen) atoms. The molecular formula is C9H11ClMgO2. The molecule has 1 rings (SSSR count). The first kappa shape index (κ1) is 15.7. The van der Waals surface area contributed by atoms with E-state index >= 15 is 0 Å². The smallest absolute Gasteiger partial charge is 1.00 e. The maximum atomic E-state index is 5.05. The minimum Gasteiger partial charge on any atom is -1.00 e. The van der Waals surface area contributed by atoms with Gasteiger partial charge < -0.3 is 21.9 Å². The van der Waals surface area contributed by atoms with Gasteiger partial charge in [-0.1, -0.05) is 0 Å². The van der Waals surface area contributed by atoms with Crippen LogP contribution in [-0.2, 0) is 9.47 Å². The summed E-state index contributed by atoms with van der Waals surface area (Å²) in [6.45, 7) is 0. The Kier molecular flexibility index (Phi) is 10.6. The van der Waals surface area contributed by atoms with E-state index in [1.165, 1.54) is 0 Å². The van der Waals surface area contributed by atoms with Crippen molar-refractivity contribution in [2.45, 2.75) is 6.29 Å². The first-order valence-electron chi connectivity index (χ1n) is 3.40. The standard InChI is InChI=1S/C9H11O2.ClH.Mg/c1-10-9(11-2)8-6-4-3-5-7-8;;/h4-7,9H,1-2H3;1H;/q-1;;+2/p-1. The molecule has 0 amide bonds. The molecule has 0 radical (unpaired) electrons. The monoisotopic (exact) mass is 210 g/mol. The van der Waals surface area contributed by atoms with Gasteiger partial charge in [0.25, 0.3) is 0 Å². The van der Waals surface area contributed by atoms with Crippen LogP contribution in [0, 0.1) is 6.07 Å². The third-order valence-electron chi connectivity index (χ3n) is 1.44. The van der Waals surface area contributed by atoms with Gasteiger partial charge in [0.1, 0.15) is 0 Å². The van der Waals surface area contributed by atoms with E-state index in [1.807, 2.05) is 24.3 Å². The van der Waals surface area contributed by atoms with Crippen LogP contribution in [0.2, 0.25) is 0 Å². The van der Waals surface area contributed by atoms with Gasteiger partial charge in [0.05, 0.1) is 0 Å². The molecule has 68 valence electrons. The fraction of sp³-hybridized carbons (Fsp3) is 0.333. The van der Waals surface area contributed by atoms with Gasteiger partial charge in [-0.25, -0.2) is 0 Å². The summed E-state index contributed by atoms with van der Waals surface area (Å²) in [7, 11) is 3.23. The van der Waals surface area contributed by atoms with Crippen molar-refractivity contribution in [3.05, 3.63) is 35.9 Å². The number of halogens is 1. The van der Waals surface area contributed by atoms with E-state index in [4.69, 9.17) is 9.47 Å². The molecule has 0 fully saturated rings. The van der Waals surface area contributed by atoms with Gasteiger partial charge in [-0.05, 0) is 0 Å². The number of methoxy groups -OCH3 is 2. The van der Waals surface area contributed by atoms with Crippen LogP contribution < -0.4 is 12.4 Å².